The Hall–Kier alpha value is -1.77. The van der Waals surface area contributed by atoms with Gasteiger partial charge in [0.2, 0.25) is 0 Å². The summed E-state index contributed by atoms with van der Waals surface area (Å²) in [6, 6.07) is 6.82. The molecule has 1 aromatic heterocycles. The molecule has 3 heteroatoms. The van der Waals surface area contributed by atoms with E-state index in [1.54, 1.807) is 0 Å². The second kappa shape index (κ2) is 4.16. The van der Waals surface area contributed by atoms with E-state index in [9.17, 15) is 0 Å². The Bertz CT molecular complexity index is 596. The van der Waals surface area contributed by atoms with Crippen molar-refractivity contribution in [1.29, 1.82) is 0 Å². The summed E-state index contributed by atoms with van der Waals surface area (Å²) < 4.78 is 2.00. The molecule has 0 radical (unpaired) electrons. The number of nitrogens with two attached hydrogens (primary N) is 1. The maximum absolute atomic E-state index is 5.96. The molecule has 3 rings (SSSR count). The van der Waals surface area contributed by atoms with Crippen molar-refractivity contribution in [3.05, 3.63) is 46.3 Å². The lowest BCUT2D eigenvalue weighted by atomic mass is 10.1. The molecule has 94 valence electrons. The van der Waals surface area contributed by atoms with Crippen molar-refractivity contribution in [3.8, 4) is 0 Å². The summed E-state index contributed by atoms with van der Waals surface area (Å²) in [7, 11) is 0. The smallest absolute Gasteiger partial charge is 0.0826 e. The van der Waals surface area contributed by atoms with Gasteiger partial charge in [0.15, 0.2) is 0 Å². The van der Waals surface area contributed by atoms with Crippen LogP contribution in [0.4, 0.5) is 5.69 Å². The zero-order valence-electron chi connectivity index (χ0n) is 11.0. The fourth-order valence-electron chi connectivity index (χ4n) is 2.76. The van der Waals surface area contributed by atoms with Gasteiger partial charge in [-0.3, -0.25) is 4.68 Å². The largest absolute Gasteiger partial charge is 0.396 e. The fourth-order valence-corrected chi connectivity index (χ4v) is 2.76. The van der Waals surface area contributed by atoms with Gasteiger partial charge in [0.25, 0.3) is 0 Å². The number of hydrogen-bond acceptors (Lipinski definition) is 2. The van der Waals surface area contributed by atoms with Gasteiger partial charge in [-0.2, -0.15) is 5.10 Å². The molecule has 1 aromatic carbocycles. The first-order valence-electron chi connectivity index (χ1n) is 6.55. The van der Waals surface area contributed by atoms with E-state index in [0.717, 1.165) is 23.6 Å². The number of aromatic nitrogens is 2. The molecule has 0 bridgehead atoms. The van der Waals surface area contributed by atoms with Crippen molar-refractivity contribution >= 4 is 5.69 Å². The van der Waals surface area contributed by atoms with E-state index in [1.165, 1.54) is 36.0 Å². The summed E-state index contributed by atoms with van der Waals surface area (Å²) in [6.45, 7) is 4.81. The SMILES string of the molecule is Cc1nn(Cc2ccc3c(c2)CCC3)c(C)c1N. The van der Waals surface area contributed by atoms with Crippen LogP contribution in [0.15, 0.2) is 18.2 Å². The predicted molar refractivity (Wildman–Crippen MR) is 73.7 cm³/mol. The lowest BCUT2D eigenvalue weighted by Crippen LogP contribution is -2.05. The van der Waals surface area contributed by atoms with Crippen LogP contribution in [0.2, 0.25) is 0 Å². The standard InChI is InChI=1S/C15H19N3/c1-10-15(16)11(2)18(17-10)9-12-6-7-13-4-3-5-14(13)8-12/h6-8H,3-5,9,16H2,1-2H3. The molecule has 0 spiro atoms. The van der Waals surface area contributed by atoms with Gasteiger partial charge in [-0.15, -0.1) is 0 Å². The van der Waals surface area contributed by atoms with Crippen LogP contribution in [0, 0.1) is 13.8 Å². The van der Waals surface area contributed by atoms with E-state index in [4.69, 9.17) is 5.73 Å². The van der Waals surface area contributed by atoms with Crippen LogP contribution in [-0.2, 0) is 19.4 Å². The molecule has 2 aromatic rings. The zero-order valence-corrected chi connectivity index (χ0v) is 11.0. The topological polar surface area (TPSA) is 43.8 Å². The van der Waals surface area contributed by atoms with Crippen molar-refractivity contribution in [3.63, 3.8) is 0 Å². The number of fused-ring (bicyclic) bond motifs is 1. The predicted octanol–water partition coefficient (Wildman–Crippen LogP) is 2.62. The Kier molecular flexibility index (Phi) is 2.62. The Morgan fingerprint density at radius 1 is 1.22 bits per heavy atom. The summed E-state index contributed by atoms with van der Waals surface area (Å²) in [6.07, 6.45) is 3.76. The van der Waals surface area contributed by atoms with Crippen molar-refractivity contribution in [2.75, 3.05) is 5.73 Å². The first kappa shape index (κ1) is 11.3. The van der Waals surface area contributed by atoms with Crippen LogP contribution in [0.3, 0.4) is 0 Å². The summed E-state index contributed by atoms with van der Waals surface area (Å²) in [5, 5.41) is 4.49. The van der Waals surface area contributed by atoms with Gasteiger partial charge in [0.05, 0.1) is 23.6 Å². The Labute approximate surface area is 108 Å². The van der Waals surface area contributed by atoms with Gasteiger partial charge in [0.1, 0.15) is 0 Å². The minimum absolute atomic E-state index is 0.816. The molecule has 1 aliphatic rings. The summed E-state index contributed by atoms with van der Waals surface area (Å²) in [5.74, 6) is 0. The number of anilines is 1. The lowest BCUT2D eigenvalue weighted by Gasteiger charge is -2.07. The summed E-state index contributed by atoms with van der Waals surface area (Å²) in [4.78, 5) is 0. The number of nitrogen functional groups attached to an aromatic ring is 1. The number of rotatable bonds is 2. The average Bonchev–Trinajstić information content (AvgIpc) is 2.91. The molecule has 18 heavy (non-hydrogen) atoms. The highest BCUT2D eigenvalue weighted by Gasteiger charge is 2.12. The molecule has 0 fully saturated rings. The monoisotopic (exact) mass is 241 g/mol. The Balaban J connectivity index is 1.90. The maximum Gasteiger partial charge on any atom is 0.0826 e. The van der Waals surface area contributed by atoms with Crippen LogP contribution in [-0.4, -0.2) is 9.78 Å². The second-order valence-electron chi connectivity index (χ2n) is 5.20. The zero-order chi connectivity index (χ0) is 12.7. The molecule has 0 saturated carbocycles. The minimum Gasteiger partial charge on any atom is -0.396 e. The van der Waals surface area contributed by atoms with Crippen molar-refractivity contribution < 1.29 is 0 Å². The molecule has 1 heterocycles. The number of benzene rings is 1. The van der Waals surface area contributed by atoms with Crippen molar-refractivity contribution in [1.82, 2.24) is 9.78 Å². The van der Waals surface area contributed by atoms with Crippen LogP contribution < -0.4 is 5.73 Å². The molecule has 0 amide bonds. The van der Waals surface area contributed by atoms with Crippen LogP contribution in [0.25, 0.3) is 0 Å². The number of nitrogens with zero attached hydrogens (tertiary/aromatic N) is 2. The highest BCUT2D eigenvalue weighted by Crippen LogP contribution is 2.24. The molecule has 2 N–H and O–H groups in total. The molecule has 0 atom stereocenters. The number of aryl methyl sites for hydroxylation is 3. The highest BCUT2D eigenvalue weighted by atomic mass is 15.3. The van der Waals surface area contributed by atoms with E-state index >= 15 is 0 Å². The number of hydrogen-bond donors (Lipinski definition) is 1. The van der Waals surface area contributed by atoms with Gasteiger partial charge >= 0.3 is 0 Å². The van der Waals surface area contributed by atoms with E-state index in [1.807, 2.05) is 18.5 Å². The highest BCUT2D eigenvalue weighted by molar-refractivity contribution is 5.47. The van der Waals surface area contributed by atoms with E-state index in [0.29, 0.717) is 0 Å². The molecule has 0 unspecified atom stereocenters. The van der Waals surface area contributed by atoms with Crippen LogP contribution in [0.5, 0.6) is 0 Å². The summed E-state index contributed by atoms with van der Waals surface area (Å²) in [5.41, 5.74) is 13.1. The third kappa shape index (κ3) is 1.80. The first-order chi connectivity index (χ1) is 8.65. The molecule has 0 saturated heterocycles. The summed E-state index contributed by atoms with van der Waals surface area (Å²) >= 11 is 0. The Morgan fingerprint density at radius 2 is 2.00 bits per heavy atom. The fraction of sp³-hybridized carbons (Fsp3) is 0.400. The van der Waals surface area contributed by atoms with E-state index in [-0.39, 0.29) is 0 Å². The van der Waals surface area contributed by atoms with Gasteiger partial charge < -0.3 is 5.73 Å². The third-order valence-electron chi connectivity index (χ3n) is 3.93. The average molecular weight is 241 g/mol. The molecular formula is C15H19N3. The van der Waals surface area contributed by atoms with Gasteiger partial charge in [-0.1, -0.05) is 18.2 Å². The molecule has 0 aliphatic heterocycles. The van der Waals surface area contributed by atoms with Gasteiger partial charge in [0, 0.05) is 0 Å². The Morgan fingerprint density at radius 3 is 2.72 bits per heavy atom. The van der Waals surface area contributed by atoms with Crippen molar-refractivity contribution in [2.24, 2.45) is 0 Å². The molecule has 1 aliphatic carbocycles. The first-order valence-corrected chi connectivity index (χ1v) is 6.55. The van der Waals surface area contributed by atoms with Gasteiger partial charge in [-0.25, -0.2) is 0 Å². The maximum atomic E-state index is 5.96. The van der Waals surface area contributed by atoms with Crippen LogP contribution in [0.1, 0.15) is 34.5 Å². The second-order valence-corrected chi connectivity index (χ2v) is 5.20. The van der Waals surface area contributed by atoms with E-state index < -0.39 is 0 Å². The normalized spacial score (nSPS) is 13.9. The molecule has 3 nitrogen and oxygen atoms in total. The third-order valence-corrected chi connectivity index (χ3v) is 3.93. The van der Waals surface area contributed by atoms with E-state index in [2.05, 4.69) is 23.3 Å². The van der Waals surface area contributed by atoms with Crippen molar-refractivity contribution in [2.45, 2.75) is 39.7 Å². The van der Waals surface area contributed by atoms with Gasteiger partial charge in [-0.05, 0) is 49.8 Å². The van der Waals surface area contributed by atoms with Crippen LogP contribution >= 0.6 is 0 Å². The lowest BCUT2D eigenvalue weighted by molar-refractivity contribution is 0.659. The minimum atomic E-state index is 0.816. The molecular weight excluding hydrogens is 222 g/mol. The quantitative estimate of drug-likeness (QED) is 0.878.